The van der Waals surface area contributed by atoms with E-state index < -0.39 is 131 Å². The van der Waals surface area contributed by atoms with Gasteiger partial charge in [0.2, 0.25) is 0 Å². The van der Waals surface area contributed by atoms with E-state index in [4.69, 9.17) is 33.5 Å². The molecule has 12 N–H and O–H groups in total. The molecule has 3 aliphatic rings. The molecule has 0 aliphatic carbocycles. The average molecular weight is 579 g/mol. The van der Waals surface area contributed by atoms with Gasteiger partial charge in [0.05, 0.1) is 33.0 Å². The van der Waals surface area contributed by atoms with E-state index in [0.29, 0.717) is 0 Å². The highest BCUT2D eigenvalue weighted by atomic mass is 16.7. The first-order chi connectivity index (χ1) is 18.4. The van der Waals surface area contributed by atoms with E-state index >= 15 is 0 Å². The Balaban J connectivity index is 1.58. The quantitative estimate of drug-likeness (QED) is 0.108. The molecule has 18 heteroatoms. The van der Waals surface area contributed by atoms with Gasteiger partial charge in [-0.2, -0.15) is 0 Å². The van der Waals surface area contributed by atoms with E-state index in [2.05, 4.69) is 0 Å². The van der Waals surface area contributed by atoms with Gasteiger partial charge in [-0.3, -0.25) is 0 Å². The van der Waals surface area contributed by atoms with E-state index in [9.17, 15) is 56.2 Å². The van der Waals surface area contributed by atoms with Crippen molar-refractivity contribution < 1.29 is 89.7 Å². The van der Waals surface area contributed by atoms with Crippen LogP contribution in [0.25, 0.3) is 0 Å². The monoisotopic (exact) mass is 578 g/mol. The second-order valence-corrected chi connectivity index (χ2v) is 9.56. The van der Waals surface area contributed by atoms with Gasteiger partial charge in [0.1, 0.15) is 79.4 Å². The number of aliphatic hydroxyl groups is 12. The normalized spacial score (nSPS) is 48.2. The molecule has 0 aromatic heterocycles. The largest absolute Gasteiger partial charge is 0.394 e. The molecule has 3 aliphatic heterocycles. The minimum Gasteiger partial charge on any atom is -0.394 e. The molecule has 3 heterocycles. The molecule has 39 heavy (non-hydrogen) atoms. The van der Waals surface area contributed by atoms with Crippen molar-refractivity contribution in [2.24, 2.45) is 0 Å². The predicted octanol–water partition coefficient (Wildman–Crippen LogP) is -8.20. The van der Waals surface area contributed by atoms with Crippen molar-refractivity contribution in [2.45, 2.75) is 98.2 Å². The van der Waals surface area contributed by atoms with Crippen molar-refractivity contribution in [3.05, 3.63) is 0 Å². The lowest BCUT2D eigenvalue weighted by Crippen LogP contribution is -2.62. The van der Waals surface area contributed by atoms with E-state index in [-0.39, 0.29) is 0 Å². The number of hydrogen-bond acceptors (Lipinski definition) is 18. The van der Waals surface area contributed by atoms with Crippen LogP contribution in [0.2, 0.25) is 0 Å². The maximum atomic E-state index is 10.3. The summed E-state index contributed by atoms with van der Waals surface area (Å²) in [6.07, 6.45) is -25.8. The van der Waals surface area contributed by atoms with Crippen molar-refractivity contribution >= 4 is 0 Å². The molecular formula is C21H38O18. The molecule has 0 aromatic carbocycles. The van der Waals surface area contributed by atoms with Gasteiger partial charge in [-0.05, 0) is 0 Å². The number of aliphatic hydroxyl groups excluding tert-OH is 12. The van der Waals surface area contributed by atoms with Crippen LogP contribution in [0.15, 0.2) is 0 Å². The minimum absolute atomic E-state index is 0.473. The van der Waals surface area contributed by atoms with Crippen LogP contribution in [0.4, 0.5) is 0 Å². The molecule has 0 spiro atoms. The molecular weight excluding hydrogens is 540 g/mol. The second kappa shape index (κ2) is 14.4. The summed E-state index contributed by atoms with van der Waals surface area (Å²) in [5.74, 6) is 0. The van der Waals surface area contributed by atoms with Gasteiger partial charge in [-0.15, -0.1) is 0 Å². The lowest BCUT2D eigenvalue weighted by molar-refractivity contribution is -0.343. The summed E-state index contributed by atoms with van der Waals surface area (Å²) in [5.41, 5.74) is 0. The van der Waals surface area contributed by atoms with Gasteiger partial charge in [-0.1, -0.05) is 0 Å². The molecule has 16 atom stereocenters. The lowest BCUT2D eigenvalue weighted by Gasteiger charge is -2.43. The molecule has 0 bridgehead atoms. The Morgan fingerprint density at radius 1 is 0.487 bits per heavy atom. The van der Waals surface area contributed by atoms with Gasteiger partial charge >= 0.3 is 0 Å². The van der Waals surface area contributed by atoms with E-state index in [0.717, 1.165) is 0 Å². The minimum atomic E-state index is -1.83. The summed E-state index contributed by atoms with van der Waals surface area (Å²) in [6.45, 7) is -3.02. The molecule has 230 valence electrons. The zero-order valence-electron chi connectivity index (χ0n) is 20.6. The van der Waals surface area contributed by atoms with Crippen LogP contribution >= 0.6 is 0 Å². The van der Waals surface area contributed by atoms with Crippen molar-refractivity contribution in [1.29, 1.82) is 0 Å². The van der Waals surface area contributed by atoms with E-state index in [1.807, 2.05) is 0 Å². The first-order valence-corrected chi connectivity index (χ1v) is 12.2. The zero-order valence-corrected chi connectivity index (χ0v) is 20.6. The average Bonchev–Trinajstić information content (AvgIpc) is 2.93. The summed E-state index contributed by atoms with van der Waals surface area (Å²) >= 11 is 0. The maximum absolute atomic E-state index is 10.3. The van der Waals surface area contributed by atoms with Crippen LogP contribution in [-0.4, -0.2) is 193 Å². The van der Waals surface area contributed by atoms with Crippen LogP contribution in [0.1, 0.15) is 0 Å². The van der Waals surface area contributed by atoms with Crippen LogP contribution < -0.4 is 0 Å². The highest BCUT2D eigenvalue weighted by Gasteiger charge is 2.49. The maximum Gasteiger partial charge on any atom is 0.186 e. The van der Waals surface area contributed by atoms with Crippen LogP contribution in [-0.2, 0) is 28.4 Å². The number of ether oxygens (including phenoxy) is 6. The fourth-order valence-corrected chi connectivity index (χ4v) is 4.23. The highest BCUT2D eigenvalue weighted by molar-refractivity contribution is 4.93. The van der Waals surface area contributed by atoms with Crippen molar-refractivity contribution in [3.63, 3.8) is 0 Å². The van der Waals surface area contributed by atoms with Gasteiger partial charge in [0, 0.05) is 0 Å². The van der Waals surface area contributed by atoms with Gasteiger partial charge in [0.25, 0.3) is 0 Å². The Bertz CT molecular complexity index is 731. The molecule has 0 amide bonds. The predicted molar refractivity (Wildman–Crippen MR) is 118 cm³/mol. The fraction of sp³-hybridized carbons (Fsp3) is 1.00. The molecule has 18 nitrogen and oxygen atoms in total. The molecule has 0 radical (unpaired) electrons. The smallest absolute Gasteiger partial charge is 0.186 e. The summed E-state index contributed by atoms with van der Waals surface area (Å²) in [5, 5.41) is 119. The van der Waals surface area contributed by atoms with Crippen LogP contribution in [0, 0.1) is 0 Å². The number of rotatable bonds is 11. The Hall–Kier alpha value is -0.720. The molecule has 0 aromatic rings. The summed E-state index contributed by atoms with van der Waals surface area (Å²) < 4.78 is 31.9. The first-order valence-electron chi connectivity index (χ1n) is 12.2. The fourth-order valence-electron chi connectivity index (χ4n) is 4.23. The van der Waals surface area contributed by atoms with Crippen molar-refractivity contribution in [2.75, 3.05) is 33.0 Å². The summed E-state index contributed by atoms with van der Waals surface area (Å²) in [6, 6.07) is 0. The Labute approximate surface area is 221 Å². The Kier molecular flexibility index (Phi) is 12.1. The van der Waals surface area contributed by atoms with Crippen molar-refractivity contribution in [3.8, 4) is 0 Å². The topological polar surface area (TPSA) is 298 Å². The third-order valence-electron chi connectivity index (χ3n) is 6.70. The SMILES string of the molecule is OCC(O)CO[C@@H]1O[C@H](CO[C@@H]2O[C@H](CO[C@@H]3O[C@H](CO)[C@H](O)[C@H](O)[C@H]3O)[C@H](O)[C@H](O)[C@H]2O)[C@H](O)[C@H](O)[C@H]1O. The number of hydrogen-bond donors (Lipinski definition) is 12. The third kappa shape index (κ3) is 7.57. The van der Waals surface area contributed by atoms with Gasteiger partial charge in [0.15, 0.2) is 18.9 Å². The molecule has 0 saturated carbocycles. The lowest BCUT2D eigenvalue weighted by atomic mass is 9.98. The van der Waals surface area contributed by atoms with Gasteiger partial charge in [-0.25, -0.2) is 0 Å². The van der Waals surface area contributed by atoms with Crippen molar-refractivity contribution in [1.82, 2.24) is 0 Å². The van der Waals surface area contributed by atoms with Crippen LogP contribution in [0.5, 0.6) is 0 Å². The highest BCUT2D eigenvalue weighted by Crippen LogP contribution is 2.28. The second-order valence-electron chi connectivity index (χ2n) is 9.56. The molecule has 1 unspecified atom stereocenters. The first kappa shape index (κ1) is 32.8. The summed E-state index contributed by atoms with van der Waals surface area (Å²) in [4.78, 5) is 0. The van der Waals surface area contributed by atoms with E-state index in [1.165, 1.54) is 0 Å². The molecule has 3 saturated heterocycles. The third-order valence-corrected chi connectivity index (χ3v) is 6.70. The zero-order chi connectivity index (χ0) is 29.0. The molecule has 3 fully saturated rings. The summed E-state index contributed by atoms with van der Waals surface area (Å²) in [7, 11) is 0. The Morgan fingerprint density at radius 2 is 0.846 bits per heavy atom. The Morgan fingerprint density at radius 3 is 1.23 bits per heavy atom. The molecule has 3 rings (SSSR count). The van der Waals surface area contributed by atoms with E-state index in [1.54, 1.807) is 0 Å². The standard InChI is InChI=1S/C21H38O18/c22-1-6(24)3-34-19-17(32)14(29)11(26)8(38-19)5-36-21-18(33)15(30)12(27)9(39-21)4-35-20-16(31)13(28)10(25)7(2-23)37-20/h6-33H,1-5H2/t6?,7-,8-,9-,10+,11+,12+,13+,14+,15+,16-,17-,18-,19-,20-,21-/m1/s1. The van der Waals surface area contributed by atoms with Gasteiger partial charge < -0.3 is 89.7 Å². The van der Waals surface area contributed by atoms with Crippen LogP contribution in [0.3, 0.4) is 0 Å².